The van der Waals surface area contributed by atoms with Crippen LogP contribution in [0.2, 0.25) is 13.1 Å². The smallest absolute Gasteiger partial charge is 0.0686 e. The first kappa shape index (κ1) is 29.6. The molecule has 0 aromatic heterocycles. The standard InChI is InChI=1S/C42H48Si/c1-7-9-13-31-19-23-33(24-20-31)37-17-11-15-35-27-29(3)41(39(35)37)43(5,6)42-30(4)28-36-16-12-18-38(40(36)42)34-25-21-32(22-26-34)14-10-8-2/h11-12,15-26H,7-10,13-14,27-28H2,1-6H3. The molecule has 4 aromatic rings. The molecule has 2 aliphatic rings. The minimum absolute atomic E-state index is 1.07. The fourth-order valence-corrected chi connectivity index (χ4v) is 12.4. The van der Waals surface area contributed by atoms with Crippen molar-refractivity contribution in [2.24, 2.45) is 0 Å². The third kappa shape index (κ3) is 5.53. The lowest BCUT2D eigenvalue weighted by atomic mass is 9.95. The largest absolute Gasteiger partial charge is 0.113 e. The molecule has 0 radical (unpaired) electrons. The Hall–Kier alpha value is -3.42. The summed E-state index contributed by atoms with van der Waals surface area (Å²) in [6.07, 6.45) is 9.49. The lowest BCUT2D eigenvalue weighted by molar-refractivity contribution is 0.795. The van der Waals surface area contributed by atoms with Gasteiger partial charge in [-0.1, -0.05) is 136 Å². The van der Waals surface area contributed by atoms with Gasteiger partial charge in [-0.05, 0) is 118 Å². The molecule has 0 nitrogen and oxygen atoms in total. The highest BCUT2D eigenvalue weighted by Gasteiger charge is 2.42. The number of benzene rings is 4. The number of hydrogen-bond donors (Lipinski definition) is 0. The number of unbranched alkanes of at least 4 members (excludes halogenated alkanes) is 2. The molecule has 0 saturated carbocycles. The Morgan fingerprint density at radius 3 is 1.30 bits per heavy atom. The molecule has 0 fully saturated rings. The van der Waals surface area contributed by atoms with Gasteiger partial charge in [0.2, 0.25) is 0 Å². The molecule has 0 spiro atoms. The number of aryl methyl sites for hydroxylation is 2. The molecular formula is C42H48Si. The van der Waals surface area contributed by atoms with Crippen LogP contribution in [0.4, 0.5) is 0 Å². The second-order valence-electron chi connectivity index (χ2n) is 13.6. The first-order chi connectivity index (χ1) is 20.8. The average molecular weight is 581 g/mol. The summed E-state index contributed by atoms with van der Waals surface area (Å²) in [5.41, 5.74) is 17.7. The molecular weight excluding hydrogens is 533 g/mol. The van der Waals surface area contributed by atoms with Gasteiger partial charge in [0.05, 0.1) is 0 Å². The zero-order valence-corrected chi connectivity index (χ0v) is 28.2. The van der Waals surface area contributed by atoms with E-state index in [2.05, 4.69) is 126 Å². The van der Waals surface area contributed by atoms with Crippen LogP contribution < -0.4 is 0 Å². The van der Waals surface area contributed by atoms with E-state index in [0.717, 1.165) is 12.8 Å². The molecule has 6 rings (SSSR count). The van der Waals surface area contributed by atoms with Gasteiger partial charge in [0.15, 0.2) is 0 Å². The molecule has 0 bridgehead atoms. The number of hydrogen-bond acceptors (Lipinski definition) is 0. The summed E-state index contributed by atoms with van der Waals surface area (Å²) in [7, 11) is -2.09. The van der Waals surface area contributed by atoms with Gasteiger partial charge >= 0.3 is 0 Å². The zero-order chi connectivity index (χ0) is 30.1. The van der Waals surface area contributed by atoms with Crippen LogP contribution in [0.5, 0.6) is 0 Å². The monoisotopic (exact) mass is 580 g/mol. The minimum Gasteiger partial charge on any atom is -0.0686 e. The van der Waals surface area contributed by atoms with Gasteiger partial charge < -0.3 is 0 Å². The Balaban J connectivity index is 1.43. The van der Waals surface area contributed by atoms with Crippen LogP contribution in [-0.2, 0) is 25.7 Å². The van der Waals surface area contributed by atoms with Gasteiger partial charge in [-0.2, -0.15) is 0 Å². The first-order valence-corrected chi connectivity index (χ1v) is 19.7. The molecule has 2 aliphatic carbocycles. The summed E-state index contributed by atoms with van der Waals surface area (Å²) in [6, 6.07) is 33.0. The molecule has 0 N–H and O–H groups in total. The summed E-state index contributed by atoms with van der Waals surface area (Å²) < 4.78 is 0. The predicted octanol–water partition coefficient (Wildman–Crippen LogP) is 11.9. The van der Waals surface area contributed by atoms with Crippen LogP contribution in [0.1, 0.15) is 86.8 Å². The van der Waals surface area contributed by atoms with E-state index in [1.54, 1.807) is 21.5 Å². The molecule has 0 atom stereocenters. The van der Waals surface area contributed by atoms with E-state index in [-0.39, 0.29) is 0 Å². The number of fused-ring (bicyclic) bond motifs is 2. The molecule has 43 heavy (non-hydrogen) atoms. The number of allylic oxidation sites excluding steroid dienone is 2. The SMILES string of the molecule is CCCCc1ccc(-c2cccc3c2C([Si](C)(C)C2=C(C)Cc4cccc(-c5ccc(CCCC)cc5)c42)=C(C)C3)cc1. The molecule has 0 saturated heterocycles. The highest BCUT2D eigenvalue weighted by Crippen LogP contribution is 2.52. The first-order valence-electron chi connectivity index (χ1n) is 16.7. The second kappa shape index (κ2) is 12.3. The van der Waals surface area contributed by atoms with Crippen LogP contribution in [-0.4, -0.2) is 8.07 Å². The quantitative estimate of drug-likeness (QED) is 0.164. The van der Waals surface area contributed by atoms with Crippen molar-refractivity contribution in [3.8, 4) is 22.3 Å². The summed E-state index contributed by atoms with van der Waals surface area (Å²) in [5.74, 6) is 0. The maximum absolute atomic E-state index is 2.63. The van der Waals surface area contributed by atoms with Gasteiger partial charge in [0.1, 0.15) is 8.07 Å². The van der Waals surface area contributed by atoms with Crippen LogP contribution in [0.3, 0.4) is 0 Å². The Kier molecular flexibility index (Phi) is 8.47. The molecule has 0 unspecified atom stereocenters. The fraction of sp³-hybridized carbons (Fsp3) is 0.333. The van der Waals surface area contributed by atoms with Crippen molar-refractivity contribution in [1.29, 1.82) is 0 Å². The predicted molar refractivity (Wildman–Crippen MR) is 191 cm³/mol. The molecule has 0 aliphatic heterocycles. The van der Waals surface area contributed by atoms with Crippen molar-refractivity contribution in [3.63, 3.8) is 0 Å². The van der Waals surface area contributed by atoms with Crippen LogP contribution in [0.15, 0.2) is 96.1 Å². The normalized spacial score (nSPS) is 14.5. The molecule has 4 aromatic carbocycles. The summed E-state index contributed by atoms with van der Waals surface area (Å²) in [5, 5.41) is 3.33. The van der Waals surface area contributed by atoms with Crippen molar-refractivity contribution < 1.29 is 0 Å². The van der Waals surface area contributed by atoms with Gasteiger partial charge in [-0.15, -0.1) is 0 Å². The van der Waals surface area contributed by atoms with E-state index < -0.39 is 8.07 Å². The Morgan fingerprint density at radius 1 is 0.535 bits per heavy atom. The fourth-order valence-electron chi connectivity index (χ4n) is 8.02. The third-order valence-electron chi connectivity index (χ3n) is 9.98. The van der Waals surface area contributed by atoms with Crippen molar-refractivity contribution >= 4 is 18.5 Å². The summed E-state index contributed by atoms with van der Waals surface area (Å²) in [4.78, 5) is 0. The van der Waals surface area contributed by atoms with Gasteiger partial charge in [-0.3, -0.25) is 0 Å². The van der Waals surface area contributed by atoms with Crippen molar-refractivity contribution in [3.05, 3.63) is 129 Å². The Morgan fingerprint density at radius 2 is 0.930 bits per heavy atom. The average Bonchev–Trinajstić information content (AvgIpc) is 3.55. The summed E-state index contributed by atoms with van der Waals surface area (Å²) >= 11 is 0. The van der Waals surface area contributed by atoms with E-state index in [1.807, 2.05) is 0 Å². The zero-order valence-electron chi connectivity index (χ0n) is 27.2. The Labute approximate surface area is 261 Å². The van der Waals surface area contributed by atoms with Crippen LogP contribution >= 0.6 is 0 Å². The highest BCUT2D eigenvalue weighted by molar-refractivity contribution is 7.09. The molecule has 220 valence electrons. The highest BCUT2D eigenvalue weighted by atomic mass is 28.3. The van der Waals surface area contributed by atoms with Gasteiger partial charge in [0, 0.05) is 0 Å². The van der Waals surface area contributed by atoms with Gasteiger partial charge in [-0.25, -0.2) is 0 Å². The molecule has 0 amide bonds. The summed E-state index contributed by atoms with van der Waals surface area (Å²) in [6.45, 7) is 14.6. The van der Waals surface area contributed by atoms with Crippen LogP contribution in [0.25, 0.3) is 32.6 Å². The van der Waals surface area contributed by atoms with Crippen molar-refractivity contribution in [2.45, 2.75) is 92.2 Å². The Bertz CT molecular complexity index is 1570. The second-order valence-corrected chi connectivity index (χ2v) is 17.8. The van der Waals surface area contributed by atoms with Crippen LogP contribution in [0, 0.1) is 0 Å². The maximum atomic E-state index is 2.63. The lowest BCUT2D eigenvalue weighted by Gasteiger charge is -2.32. The van der Waals surface area contributed by atoms with E-state index in [1.165, 1.54) is 94.2 Å². The molecule has 1 heteroatoms. The van der Waals surface area contributed by atoms with Crippen molar-refractivity contribution in [1.82, 2.24) is 0 Å². The molecule has 0 heterocycles. The lowest BCUT2D eigenvalue weighted by Crippen LogP contribution is -2.31. The topological polar surface area (TPSA) is 0 Å². The van der Waals surface area contributed by atoms with E-state index in [0.29, 0.717) is 0 Å². The third-order valence-corrected chi connectivity index (χ3v) is 13.8. The van der Waals surface area contributed by atoms with E-state index in [4.69, 9.17) is 0 Å². The minimum atomic E-state index is -2.09. The van der Waals surface area contributed by atoms with Gasteiger partial charge in [0.25, 0.3) is 0 Å². The van der Waals surface area contributed by atoms with E-state index in [9.17, 15) is 0 Å². The van der Waals surface area contributed by atoms with Crippen molar-refractivity contribution in [2.75, 3.05) is 0 Å². The number of rotatable bonds is 10. The maximum Gasteiger partial charge on any atom is 0.113 e. The van der Waals surface area contributed by atoms with E-state index >= 15 is 0 Å².